The summed E-state index contributed by atoms with van der Waals surface area (Å²) in [7, 11) is 0. The highest BCUT2D eigenvalue weighted by Gasteiger charge is 2.27. The van der Waals surface area contributed by atoms with E-state index in [0.717, 1.165) is 83.3 Å². The average molecular weight is 589 g/mol. The molecular formula is C40H48N2O2. The van der Waals surface area contributed by atoms with E-state index in [9.17, 15) is 10.2 Å². The van der Waals surface area contributed by atoms with Crippen LogP contribution in [0.25, 0.3) is 11.1 Å². The molecule has 4 nitrogen and oxygen atoms in total. The van der Waals surface area contributed by atoms with Crippen LogP contribution in [0.2, 0.25) is 0 Å². The van der Waals surface area contributed by atoms with E-state index in [1.807, 2.05) is 0 Å². The van der Waals surface area contributed by atoms with Gasteiger partial charge in [-0.15, -0.1) is 0 Å². The van der Waals surface area contributed by atoms with Gasteiger partial charge in [-0.1, -0.05) is 47.5 Å². The lowest BCUT2D eigenvalue weighted by Gasteiger charge is -2.31. The van der Waals surface area contributed by atoms with Crippen molar-refractivity contribution in [3.8, 4) is 11.1 Å². The molecule has 2 unspecified atom stereocenters. The second-order valence-electron chi connectivity index (χ2n) is 13.4. The predicted molar refractivity (Wildman–Crippen MR) is 184 cm³/mol. The van der Waals surface area contributed by atoms with Crippen molar-refractivity contribution in [1.29, 1.82) is 0 Å². The number of hydrogen-bond acceptors (Lipinski definition) is 4. The Morgan fingerprint density at radius 2 is 0.841 bits per heavy atom. The lowest BCUT2D eigenvalue weighted by molar-refractivity contribution is 0.206. The number of rotatable bonds is 7. The first-order valence-electron chi connectivity index (χ1n) is 16.5. The van der Waals surface area contributed by atoms with E-state index in [0.29, 0.717) is 0 Å². The first-order chi connectivity index (χ1) is 21.1. The molecule has 0 saturated heterocycles. The van der Waals surface area contributed by atoms with Crippen molar-refractivity contribution in [2.75, 3.05) is 10.6 Å². The Bertz CT molecular complexity index is 1550. The first kappa shape index (κ1) is 30.4. The van der Waals surface area contributed by atoms with E-state index < -0.39 is 12.5 Å². The summed E-state index contributed by atoms with van der Waals surface area (Å²) in [6.07, 6.45) is 7.22. The summed E-state index contributed by atoms with van der Waals surface area (Å²) >= 11 is 0. The maximum atomic E-state index is 11.7. The van der Waals surface area contributed by atoms with Crippen LogP contribution >= 0.6 is 0 Å². The minimum absolute atomic E-state index is 0.838. The van der Waals surface area contributed by atoms with Gasteiger partial charge >= 0.3 is 0 Å². The van der Waals surface area contributed by atoms with Gasteiger partial charge in [-0.3, -0.25) is 0 Å². The lowest BCUT2D eigenvalue weighted by atomic mass is 9.79. The molecular weight excluding hydrogens is 540 g/mol. The molecule has 230 valence electrons. The summed E-state index contributed by atoms with van der Waals surface area (Å²) in [5, 5.41) is 30.6. The highest BCUT2D eigenvalue weighted by atomic mass is 16.3. The van der Waals surface area contributed by atoms with Crippen molar-refractivity contribution in [1.82, 2.24) is 0 Å². The zero-order chi connectivity index (χ0) is 31.1. The number of aryl methyl sites for hydroxylation is 8. The molecule has 0 heterocycles. The van der Waals surface area contributed by atoms with Crippen LogP contribution in [-0.4, -0.2) is 10.2 Å². The third-order valence-corrected chi connectivity index (χ3v) is 9.92. The Balaban J connectivity index is 1.52. The molecule has 6 rings (SSSR count). The fourth-order valence-corrected chi connectivity index (χ4v) is 8.15. The van der Waals surface area contributed by atoms with Gasteiger partial charge in [-0.05, 0) is 150 Å². The van der Waals surface area contributed by atoms with Crippen LogP contribution in [0, 0.1) is 41.5 Å². The standard InChI is InChI=1S/C40H48N2O2/c1-23-19-25(3)35(26(4)20-23)39(43)41-33-17-15-29-11-7-9-13-31(29)37(33)38-32-14-10-8-12-30(32)16-18-34(38)42-40(44)36-27(5)21-24(2)22-28(36)6/h15-22,39-44H,7-14H2,1-6H3. The summed E-state index contributed by atoms with van der Waals surface area (Å²) < 4.78 is 0. The van der Waals surface area contributed by atoms with Gasteiger partial charge < -0.3 is 20.8 Å². The SMILES string of the molecule is Cc1cc(C)c(C(O)Nc2ccc3c(c2-c2c(NC(O)c4c(C)cc(C)cc4C)ccc4c2CCCC4)CCCC3)c(C)c1. The van der Waals surface area contributed by atoms with Gasteiger partial charge in [0.1, 0.15) is 0 Å². The average Bonchev–Trinajstić information content (AvgIpc) is 2.96. The highest BCUT2D eigenvalue weighted by molar-refractivity contribution is 5.92. The maximum absolute atomic E-state index is 11.7. The third-order valence-electron chi connectivity index (χ3n) is 9.92. The molecule has 2 aliphatic rings. The van der Waals surface area contributed by atoms with Gasteiger partial charge in [0.15, 0.2) is 12.5 Å². The van der Waals surface area contributed by atoms with E-state index in [1.165, 1.54) is 57.3 Å². The van der Waals surface area contributed by atoms with Crippen molar-refractivity contribution in [2.24, 2.45) is 0 Å². The predicted octanol–water partition coefficient (Wildman–Crippen LogP) is 9.17. The molecule has 0 amide bonds. The molecule has 2 aliphatic carbocycles. The molecule has 2 atom stereocenters. The number of hydrogen-bond donors (Lipinski definition) is 4. The third kappa shape index (κ3) is 5.78. The Morgan fingerprint density at radius 3 is 1.20 bits per heavy atom. The van der Waals surface area contributed by atoms with Crippen LogP contribution in [-0.2, 0) is 25.7 Å². The minimum Gasteiger partial charge on any atom is -0.369 e. The van der Waals surface area contributed by atoms with Crippen molar-refractivity contribution < 1.29 is 10.2 Å². The molecule has 0 saturated carbocycles. The van der Waals surface area contributed by atoms with Crippen molar-refractivity contribution in [3.05, 3.63) is 115 Å². The Hall–Kier alpha value is -3.60. The number of anilines is 2. The Morgan fingerprint density at radius 1 is 0.500 bits per heavy atom. The molecule has 0 aliphatic heterocycles. The van der Waals surface area contributed by atoms with Crippen LogP contribution in [0.15, 0.2) is 48.5 Å². The van der Waals surface area contributed by atoms with Gasteiger partial charge in [-0.2, -0.15) is 0 Å². The van der Waals surface area contributed by atoms with Crippen molar-refractivity contribution in [3.63, 3.8) is 0 Å². The molecule has 0 spiro atoms. The number of benzene rings is 4. The van der Waals surface area contributed by atoms with Gasteiger partial charge in [-0.25, -0.2) is 0 Å². The Kier molecular flexibility index (Phi) is 8.59. The molecule has 0 fully saturated rings. The van der Waals surface area contributed by atoms with E-state index in [1.54, 1.807) is 0 Å². The number of aliphatic hydroxyl groups is 2. The highest BCUT2D eigenvalue weighted by Crippen LogP contribution is 2.46. The largest absolute Gasteiger partial charge is 0.369 e. The van der Waals surface area contributed by atoms with Gasteiger partial charge in [0.25, 0.3) is 0 Å². The summed E-state index contributed by atoms with van der Waals surface area (Å²) in [6, 6.07) is 17.5. The molecule has 0 bridgehead atoms. The minimum atomic E-state index is -0.838. The van der Waals surface area contributed by atoms with E-state index in [-0.39, 0.29) is 0 Å². The van der Waals surface area contributed by atoms with Crippen molar-refractivity contribution >= 4 is 11.4 Å². The van der Waals surface area contributed by atoms with Crippen LogP contribution in [0.1, 0.15) is 105 Å². The van der Waals surface area contributed by atoms with Crippen LogP contribution in [0.5, 0.6) is 0 Å². The number of nitrogens with one attached hydrogen (secondary N) is 2. The number of fused-ring (bicyclic) bond motifs is 2. The van der Waals surface area contributed by atoms with Crippen LogP contribution < -0.4 is 10.6 Å². The van der Waals surface area contributed by atoms with E-state index >= 15 is 0 Å². The molecule has 4 N–H and O–H groups in total. The lowest BCUT2D eigenvalue weighted by Crippen LogP contribution is -2.18. The topological polar surface area (TPSA) is 64.5 Å². The van der Waals surface area contributed by atoms with Gasteiger partial charge in [0, 0.05) is 33.6 Å². The first-order valence-corrected chi connectivity index (χ1v) is 16.5. The normalized spacial score (nSPS) is 15.7. The second kappa shape index (κ2) is 12.4. The molecule has 4 aromatic rings. The van der Waals surface area contributed by atoms with E-state index in [2.05, 4.69) is 101 Å². The summed E-state index contributed by atoms with van der Waals surface area (Å²) in [6.45, 7) is 12.5. The quantitative estimate of drug-likeness (QED) is 0.163. The summed E-state index contributed by atoms with van der Waals surface area (Å²) in [4.78, 5) is 0. The molecule has 0 aromatic heterocycles. The molecule has 0 radical (unpaired) electrons. The number of aliphatic hydroxyl groups excluding tert-OH is 2. The molecule has 44 heavy (non-hydrogen) atoms. The maximum Gasteiger partial charge on any atom is 0.151 e. The zero-order valence-corrected chi connectivity index (χ0v) is 27.3. The summed E-state index contributed by atoms with van der Waals surface area (Å²) in [5.74, 6) is 0. The van der Waals surface area contributed by atoms with Gasteiger partial charge in [0.2, 0.25) is 0 Å². The zero-order valence-electron chi connectivity index (χ0n) is 27.3. The van der Waals surface area contributed by atoms with E-state index in [4.69, 9.17) is 0 Å². The molecule has 4 aromatic carbocycles. The monoisotopic (exact) mass is 588 g/mol. The fourth-order valence-electron chi connectivity index (χ4n) is 8.15. The van der Waals surface area contributed by atoms with Crippen molar-refractivity contribution in [2.45, 2.75) is 105 Å². The Labute approximate surface area is 263 Å². The smallest absolute Gasteiger partial charge is 0.151 e. The van der Waals surface area contributed by atoms with Crippen LogP contribution in [0.4, 0.5) is 11.4 Å². The summed E-state index contributed by atoms with van der Waals surface area (Å²) in [5.41, 5.74) is 18.5. The second-order valence-corrected chi connectivity index (χ2v) is 13.4. The fraction of sp³-hybridized carbons (Fsp3) is 0.400. The molecule has 4 heteroatoms. The van der Waals surface area contributed by atoms with Crippen LogP contribution in [0.3, 0.4) is 0 Å². The van der Waals surface area contributed by atoms with Gasteiger partial charge in [0.05, 0.1) is 0 Å².